The minimum absolute atomic E-state index is 0.352. The molecule has 1 aliphatic heterocycles. The van der Waals surface area contributed by atoms with Crippen molar-refractivity contribution in [3.8, 4) is 11.5 Å². The van der Waals surface area contributed by atoms with E-state index in [4.69, 9.17) is 15.2 Å². The number of ether oxygens (including phenoxy) is 2. The van der Waals surface area contributed by atoms with Crippen LogP contribution in [0, 0.1) is 0 Å². The molecular formula is C12H13N5O3. The van der Waals surface area contributed by atoms with Crippen LogP contribution in [0.5, 0.6) is 11.5 Å². The summed E-state index contributed by atoms with van der Waals surface area (Å²) in [6, 6.07) is 3.60. The first-order valence-electron chi connectivity index (χ1n) is 5.88. The number of imidazole rings is 1. The van der Waals surface area contributed by atoms with Crippen molar-refractivity contribution in [2.24, 2.45) is 16.0 Å². The number of hydrogen-bond acceptors (Lipinski definition) is 7. The van der Waals surface area contributed by atoms with Gasteiger partial charge in [-0.3, -0.25) is 0 Å². The Kier molecular flexibility index (Phi) is 2.90. The second-order valence-electron chi connectivity index (χ2n) is 4.19. The molecule has 3 rings (SSSR count). The Hall–Kier alpha value is -2.77. The van der Waals surface area contributed by atoms with E-state index in [1.807, 2.05) is 6.07 Å². The summed E-state index contributed by atoms with van der Waals surface area (Å²) in [5.41, 5.74) is 7.74. The quantitative estimate of drug-likeness (QED) is 0.868. The normalized spacial score (nSPS) is 14.5. The van der Waals surface area contributed by atoms with Crippen LogP contribution in [0.15, 0.2) is 22.4 Å². The van der Waals surface area contributed by atoms with Crippen molar-refractivity contribution in [3.63, 3.8) is 0 Å². The number of nitrogens with two attached hydrogens (primary N) is 1. The molecule has 20 heavy (non-hydrogen) atoms. The third kappa shape index (κ3) is 2.00. The molecular weight excluding hydrogens is 262 g/mol. The van der Waals surface area contributed by atoms with E-state index in [1.165, 1.54) is 0 Å². The first-order chi connectivity index (χ1) is 9.71. The maximum atomic E-state index is 5.61. The summed E-state index contributed by atoms with van der Waals surface area (Å²) in [7, 11) is 3.16. The molecule has 0 aliphatic carbocycles. The number of H-pyrrole nitrogens is 1. The van der Waals surface area contributed by atoms with E-state index in [1.54, 1.807) is 20.3 Å². The zero-order valence-electron chi connectivity index (χ0n) is 11.0. The van der Waals surface area contributed by atoms with E-state index in [0.717, 1.165) is 11.0 Å². The first-order valence-corrected chi connectivity index (χ1v) is 5.88. The molecule has 2 aromatic rings. The molecule has 0 unspecified atom stereocenters. The van der Waals surface area contributed by atoms with Gasteiger partial charge in [-0.1, -0.05) is 5.16 Å². The number of hydrogen-bond donors (Lipinski definition) is 2. The zero-order valence-corrected chi connectivity index (χ0v) is 11.0. The second kappa shape index (κ2) is 4.72. The van der Waals surface area contributed by atoms with Gasteiger partial charge in [0.2, 0.25) is 0 Å². The van der Waals surface area contributed by atoms with Gasteiger partial charge in [-0.05, 0) is 5.16 Å². The molecule has 3 N–H and O–H groups in total. The molecule has 104 valence electrons. The van der Waals surface area contributed by atoms with Gasteiger partial charge in [0.05, 0.1) is 31.7 Å². The van der Waals surface area contributed by atoms with Gasteiger partial charge in [-0.2, -0.15) is 0 Å². The molecule has 0 bridgehead atoms. The monoisotopic (exact) mass is 275 g/mol. The Balaban J connectivity index is 2.04. The van der Waals surface area contributed by atoms with Crippen molar-refractivity contribution in [3.05, 3.63) is 18.0 Å². The molecule has 8 nitrogen and oxygen atoms in total. The van der Waals surface area contributed by atoms with Gasteiger partial charge in [-0.15, -0.1) is 0 Å². The van der Waals surface area contributed by atoms with Gasteiger partial charge in [0, 0.05) is 12.1 Å². The Morgan fingerprint density at radius 1 is 1.20 bits per heavy atom. The average molecular weight is 275 g/mol. The first kappa shape index (κ1) is 12.3. The van der Waals surface area contributed by atoms with Crippen LogP contribution in [0.1, 0.15) is 12.2 Å². The van der Waals surface area contributed by atoms with E-state index in [9.17, 15) is 0 Å². The highest BCUT2D eigenvalue weighted by Crippen LogP contribution is 2.31. The van der Waals surface area contributed by atoms with Crippen molar-refractivity contribution >= 4 is 22.6 Å². The lowest BCUT2D eigenvalue weighted by molar-refractivity contribution is 0.150. The van der Waals surface area contributed by atoms with Crippen molar-refractivity contribution in [2.45, 2.75) is 6.42 Å². The highest BCUT2D eigenvalue weighted by atomic mass is 16.8. The molecule has 1 aromatic carbocycles. The Morgan fingerprint density at radius 3 is 2.65 bits per heavy atom. The largest absolute Gasteiger partial charge is 0.493 e. The lowest BCUT2D eigenvalue weighted by Gasteiger charge is -2.06. The third-order valence-electron chi connectivity index (χ3n) is 2.92. The SMILES string of the molecule is COc1cc2nc(C3=NON=C(N)C3)[nH]c2cc1OC. The van der Waals surface area contributed by atoms with Crippen LogP contribution in [0.4, 0.5) is 0 Å². The van der Waals surface area contributed by atoms with E-state index < -0.39 is 0 Å². The summed E-state index contributed by atoms with van der Waals surface area (Å²) in [5, 5.41) is 7.36. The van der Waals surface area contributed by atoms with Crippen LogP contribution in [-0.4, -0.2) is 35.7 Å². The summed E-state index contributed by atoms with van der Waals surface area (Å²) in [6.07, 6.45) is 0.383. The van der Waals surface area contributed by atoms with Crippen LogP contribution in [0.2, 0.25) is 0 Å². The Labute approximate surface area is 114 Å². The number of fused-ring (bicyclic) bond motifs is 1. The average Bonchev–Trinajstić information content (AvgIpc) is 2.88. The number of aromatic nitrogens is 2. The fraction of sp³-hybridized carbons (Fsp3) is 0.250. The van der Waals surface area contributed by atoms with Crippen molar-refractivity contribution in [1.82, 2.24) is 9.97 Å². The molecule has 0 spiro atoms. The maximum Gasteiger partial charge on any atom is 0.163 e. The molecule has 0 saturated carbocycles. The topological polar surface area (TPSA) is 107 Å². The summed E-state index contributed by atoms with van der Waals surface area (Å²) in [5.74, 6) is 2.16. The molecule has 0 amide bonds. The number of nitrogens with one attached hydrogen (secondary N) is 1. The molecule has 0 atom stereocenters. The van der Waals surface area contributed by atoms with Crippen molar-refractivity contribution < 1.29 is 14.4 Å². The van der Waals surface area contributed by atoms with E-state index in [0.29, 0.717) is 35.3 Å². The number of nitrogens with zero attached hydrogens (tertiary/aromatic N) is 3. The molecule has 0 saturated heterocycles. The fourth-order valence-corrected chi connectivity index (χ4v) is 1.96. The molecule has 1 aliphatic rings. The van der Waals surface area contributed by atoms with Crippen LogP contribution in [-0.2, 0) is 4.94 Å². The van der Waals surface area contributed by atoms with Gasteiger partial charge in [0.1, 0.15) is 11.5 Å². The summed E-state index contributed by atoms with van der Waals surface area (Å²) >= 11 is 0. The molecule has 0 radical (unpaired) electrons. The fourth-order valence-electron chi connectivity index (χ4n) is 1.96. The molecule has 0 fully saturated rings. The van der Waals surface area contributed by atoms with E-state index >= 15 is 0 Å². The lowest BCUT2D eigenvalue weighted by Crippen LogP contribution is -2.21. The second-order valence-corrected chi connectivity index (χ2v) is 4.19. The number of amidine groups is 1. The van der Waals surface area contributed by atoms with Gasteiger partial charge in [-0.25, -0.2) is 9.92 Å². The van der Waals surface area contributed by atoms with Gasteiger partial charge in [0.25, 0.3) is 0 Å². The number of aromatic amines is 1. The van der Waals surface area contributed by atoms with Crippen LogP contribution in [0.25, 0.3) is 11.0 Å². The standard InChI is InChI=1S/C12H13N5O3/c1-18-9-3-6-7(4-10(9)19-2)15-12(14-6)8-5-11(13)17-20-16-8/h3-4H,5H2,1-2H3,(H2,13,17)(H,14,15). The van der Waals surface area contributed by atoms with Crippen LogP contribution < -0.4 is 15.2 Å². The minimum atomic E-state index is 0.352. The summed E-state index contributed by atoms with van der Waals surface area (Å²) in [4.78, 5) is 12.3. The van der Waals surface area contributed by atoms with Crippen molar-refractivity contribution in [1.29, 1.82) is 0 Å². The molecule has 1 aromatic heterocycles. The maximum absolute atomic E-state index is 5.61. The van der Waals surface area contributed by atoms with Gasteiger partial charge < -0.3 is 20.2 Å². The molecule has 2 heterocycles. The Bertz CT molecular complexity index is 678. The lowest BCUT2D eigenvalue weighted by atomic mass is 10.2. The predicted molar refractivity (Wildman–Crippen MR) is 73.1 cm³/mol. The Morgan fingerprint density at radius 2 is 1.95 bits per heavy atom. The van der Waals surface area contributed by atoms with E-state index in [2.05, 4.69) is 25.2 Å². The number of methoxy groups -OCH3 is 2. The van der Waals surface area contributed by atoms with Gasteiger partial charge >= 0.3 is 0 Å². The third-order valence-corrected chi connectivity index (χ3v) is 2.92. The minimum Gasteiger partial charge on any atom is -0.493 e. The number of benzene rings is 1. The van der Waals surface area contributed by atoms with Crippen LogP contribution >= 0.6 is 0 Å². The predicted octanol–water partition coefficient (Wildman–Crippen LogP) is 0.977. The number of rotatable bonds is 3. The van der Waals surface area contributed by atoms with Crippen molar-refractivity contribution in [2.75, 3.05) is 14.2 Å². The van der Waals surface area contributed by atoms with Gasteiger partial charge in [0.15, 0.2) is 17.3 Å². The number of oxime groups is 2. The summed E-state index contributed by atoms with van der Waals surface area (Å²) < 4.78 is 10.5. The molecule has 8 heteroatoms. The summed E-state index contributed by atoms with van der Waals surface area (Å²) in [6.45, 7) is 0. The highest BCUT2D eigenvalue weighted by Gasteiger charge is 2.17. The zero-order chi connectivity index (χ0) is 14.1. The smallest absolute Gasteiger partial charge is 0.163 e. The van der Waals surface area contributed by atoms with E-state index in [-0.39, 0.29) is 0 Å². The highest BCUT2D eigenvalue weighted by molar-refractivity contribution is 6.11. The van der Waals surface area contributed by atoms with Crippen LogP contribution in [0.3, 0.4) is 0 Å².